The molecule has 1 fully saturated rings. The Hall–Kier alpha value is -2.54. The van der Waals surface area contributed by atoms with Gasteiger partial charge in [-0.1, -0.05) is 25.0 Å². The van der Waals surface area contributed by atoms with Gasteiger partial charge in [-0.2, -0.15) is 0 Å². The number of para-hydroxylation sites is 1. The van der Waals surface area contributed by atoms with E-state index in [1.54, 1.807) is 30.3 Å². The summed E-state index contributed by atoms with van der Waals surface area (Å²) < 4.78 is 31.1. The summed E-state index contributed by atoms with van der Waals surface area (Å²) in [7, 11) is -2.19. The highest BCUT2D eigenvalue weighted by Gasteiger charge is 2.22. The van der Waals surface area contributed by atoms with Crippen molar-refractivity contribution in [2.45, 2.75) is 41.5 Å². The number of benzene rings is 2. The highest BCUT2D eigenvalue weighted by atomic mass is 32.2. The summed E-state index contributed by atoms with van der Waals surface area (Å²) in [5, 5.41) is 5.96. The number of anilines is 1. The Labute approximate surface area is 159 Å². The molecule has 2 aromatic rings. The summed E-state index contributed by atoms with van der Waals surface area (Å²) in [5.41, 5.74) is 0.412. The Morgan fingerprint density at radius 1 is 1.07 bits per heavy atom. The lowest BCUT2D eigenvalue weighted by Crippen LogP contribution is -2.36. The van der Waals surface area contributed by atoms with Crippen molar-refractivity contribution >= 4 is 21.4 Å². The smallest absolute Gasteiger partial charge is 0.239 e. The van der Waals surface area contributed by atoms with Gasteiger partial charge in [-0.05, 0) is 49.2 Å². The number of nitrogens with one attached hydrogen (secondary N) is 2. The fourth-order valence-corrected chi connectivity index (χ4v) is 4.69. The van der Waals surface area contributed by atoms with Crippen molar-refractivity contribution in [3.63, 3.8) is 0 Å². The summed E-state index contributed by atoms with van der Waals surface area (Å²) in [6.45, 7) is 0.0334. The number of hydrogen-bond donors (Lipinski definition) is 2. The Morgan fingerprint density at radius 3 is 2.41 bits per heavy atom. The van der Waals surface area contributed by atoms with Gasteiger partial charge < -0.3 is 15.4 Å². The summed E-state index contributed by atoms with van der Waals surface area (Å²) in [5.74, 6) is 0.461. The first kappa shape index (κ1) is 19.2. The van der Waals surface area contributed by atoms with Crippen LogP contribution >= 0.6 is 0 Å². The van der Waals surface area contributed by atoms with Gasteiger partial charge in [0.05, 0.1) is 29.1 Å². The SMILES string of the molecule is COc1ccc(S(=O)(=O)c2ccccc2NCC(=O)NC2CCCC2)cc1. The Morgan fingerprint density at radius 2 is 1.74 bits per heavy atom. The second-order valence-electron chi connectivity index (χ2n) is 6.58. The van der Waals surface area contributed by atoms with E-state index in [2.05, 4.69) is 10.6 Å². The van der Waals surface area contributed by atoms with Crippen molar-refractivity contribution in [1.82, 2.24) is 5.32 Å². The quantitative estimate of drug-likeness (QED) is 0.762. The second-order valence-corrected chi connectivity index (χ2v) is 8.50. The molecule has 1 saturated carbocycles. The van der Waals surface area contributed by atoms with Crippen molar-refractivity contribution in [3.05, 3.63) is 48.5 Å². The first-order valence-corrected chi connectivity index (χ1v) is 10.5. The lowest BCUT2D eigenvalue weighted by molar-refractivity contribution is -0.120. The topological polar surface area (TPSA) is 84.5 Å². The van der Waals surface area contributed by atoms with Gasteiger partial charge in [0.25, 0.3) is 0 Å². The van der Waals surface area contributed by atoms with Crippen LogP contribution in [0, 0.1) is 0 Å². The maximum Gasteiger partial charge on any atom is 0.239 e. The van der Waals surface area contributed by atoms with Crippen LogP contribution in [0.1, 0.15) is 25.7 Å². The molecule has 0 atom stereocenters. The lowest BCUT2D eigenvalue weighted by Gasteiger charge is -2.15. The van der Waals surface area contributed by atoms with Crippen LogP contribution in [0.2, 0.25) is 0 Å². The zero-order chi connectivity index (χ0) is 19.3. The summed E-state index contributed by atoms with van der Waals surface area (Å²) in [4.78, 5) is 12.5. The number of amides is 1. The molecule has 144 valence electrons. The van der Waals surface area contributed by atoms with Crippen molar-refractivity contribution in [2.75, 3.05) is 19.0 Å². The van der Waals surface area contributed by atoms with Gasteiger partial charge in [-0.3, -0.25) is 4.79 Å². The minimum Gasteiger partial charge on any atom is -0.497 e. The number of sulfone groups is 1. The fraction of sp³-hybridized carbons (Fsp3) is 0.350. The maximum atomic E-state index is 13.0. The predicted octanol–water partition coefficient (Wildman–Crippen LogP) is 3.00. The van der Waals surface area contributed by atoms with Crippen LogP contribution in [0.25, 0.3) is 0 Å². The van der Waals surface area contributed by atoms with E-state index in [4.69, 9.17) is 4.74 Å². The van der Waals surface area contributed by atoms with E-state index in [0.717, 1.165) is 25.7 Å². The van der Waals surface area contributed by atoms with Gasteiger partial charge >= 0.3 is 0 Å². The maximum absolute atomic E-state index is 13.0. The molecule has 0 radical (unpaired) electrons. The molecule has 0 saturated heterocycles. The first-order valence-electron chi connectivity index (χ1n) is 9.02. The lowest BCUT2D eigenvalue weighted by atomic mass is 10.2. The fourth-order valence-electron chi connectivity index (χ4n) is 3.25. The van der Waals surface area contributed by atoms with Crippen LogP contribution in [0.3, 0.4) is 0 Å². The minimum atomic E-state index is -3.71. The van der Waals surface area contributed by atoms with E-state index in [1.165, 1.54) is 25.3 Å². The summed E-state index contributed by atoms with van der Waals surface area (Å²) in [6.07, 6.45) is 4.30. The van der Waals surface area contributed by atoms with Crippen molar-refractivity contribution in [3.8, 4) is 5.75 Å². The van der Waals surface area contributed by atoms with E-state index in [-0.39, 0.29) is 28.3 Å². The van der Waals surface area contributed by atoms with Crippen LogP contribution in [-0.4, -0.2) is 34.0 Å². The van der Waals surface area contributed by atoms with E-state index in [1.807, 2.05) is 0 Å². The highest BCUT2D eigenvalue weighted by molar-refractivity contribution is 7.91. The molecule has 1 amide bonds. The average Bonchev–Trinajstić information content (AvgIpc) is 3.19. The molecule has 7 heteroatoms. The number of carbonyl (C=O) groups is 1. The normalized spacial score (nSPS) is 14.7. The van der Waals surface area contributed by atoms with Gasteiger partial charge in [0.15, 0.2) is 0 Å². The third kappa shape index (κ3) is 4.60. The van der Waals surface area contributed by atoms with Crippen LogP contribution in [0.5, 0.6) is 5.75 Å². The van der Waals surface area contributed by atoms with Gasteiger partial charge in [0.1, 0.15) is 5.75 Å². The third-order valence-electron chi connectivity index (χ3n) is 4.71. The second kappa shape index (κ2) is 8.43. The number of rotatable bonds is 7. The number of ether oxygens (including phenoxy) is 1. The molecule has 6 nitrogen and oxygen atoms in total. The molecule has 1 aliphatic rings. The predicted molar refractivity (Wildman–Crippen MR) is 104 cm³/mol. The van der Waals surface area contributed by atoms with Crippen molar-refractivity contribution in [1.29, 1.82) is 0 Å². The molecule has 0 unspecified atom stereocenters. The van der Waals surface area contributed by atoms with Crippen LogP contribution in [0.4, 0.5) is 5.69 Å². The molecular weight excluding hydrogens is 364 g/mol. The third-order valence-corrected chi connectivity index (χ3v) is 6.53. The standard InChI is InChI=1S/C20H24N2O4S/c1-26-16-10-12-17(13-11-16)27(24,25)19-9-5-4-8-18(19)21-14-20(23)22-15-6-2-3-7-15/h4-5,8-13,15,21H,2-3,6-7,14H2,1H3,(H,22,23). The van der Waals surface area contributed by atoms with E-state index in [0.29, 0.717) is 11.4 Å². The van der Waals surface area contributed by atoms with Gasteiger partial charge in [0.2, 0.25) is 15.7 Å². The zero-order valence-electron chi connectivity index (χ0n) is 15.3. The van der Waals surface area contributed by atoms with Gasteiger partial charge in [-0.15, -0.1) is 0 Å². The van der Waals surface area contributed by atoms with Crippen LogP contribution in [0.15, 0.2) is 58.3 Å². The number of carbonyl (C=O) groups excluding carboxylic acids is 1. The Balaban J connectivity index is 1.75. The summed E-state index contributed by atoms with van der Waals surface area (Å²) in [6, 6.07) is 13.1. The molecule has 2 N–H and O–H groups in total. The Bertz CT molecular complexity index is 888. The average molecular weight is 388 g/mol. The molecule has 0 aromatic heterocycles. The molecule has 0 spiro atoms. The molecule has 0 heterocycles. The largest absolute Gasteiger partial charge is 0.497 e. The van der Waals surface area contributed by atoms with Gasteiger partial charge in [-0.25, -0.2) is 8.42 Å². The van der Waals surface area contributed by atoms with Crippen molar-refractivity contribution < 1.29 is 17.9 Å². The zero-order valence-corrected chi connectivity index (χ0v) is 16.1. The first-order chi connectivity index (χ1) is 13.0. The molecule has 27 heavy (non-hydrogen) atoms. The molecule has 2 aromatic carbocycles. The van der Waals surface area contributed by atoms with E-state index in [9.17, 15) is 13.2 Å². The van der Waals surface area contributed by atoms with E-state index < -0.39 is 9.84 Å². The molecular formula is C20H24N2O4S. The summed E-state index contributed by atoms with van der Waals surface area (Å²) >= 11 is 0. The van der Waals surface area contributed by atoms with Crippen LogP contribution in [-0.2, 0) is 14.6 Å². The molecule has 0 bridgehead atoms. The van der Waals surface area contributed by atoms with Gasteiger partial charge in [0, 0.05) is 6.04 Å². The molecule has 0 aliphatic heterocycles. The number of methoxy groups -OCH3 is 1. The minimum absolute atomic E-state index is 0.0334. The molecule has 1 aliphatic carbocycles. The highest BCUT2D eigenvalue weighted by Crippen LogP contribution is 2.28. The van der Waals surface area contributed by atoms with Crippen LogP contribution < -0.4 is 15.4 Å². The Kier molecular flexibility index (Phi) is 6.01. The number of hydrogen-bond acceptors (Lipinski definition) is 5. The monoisotopic (exact) mass is 388 g/mol. The van der Waals surface area contributed by atoms with Crippen molar-refractivity contribution in [2.24, 2.45) is 0 Å². The molecule has 3 rings (SSSR count). The van der Waals surface area contributed by atoms with E-state index >= 15 is 0 Å².